The average molecular weight is 328 g/mol. The largest absolute Gasteiger partial charge is 0.398 e. The van der Waals surface area contributed by atoms with Crippen molar-refractivity contribution in [2.75, 3.05) is 5.73 Å². The van der Waals surface area contributed by atoms with Crippen molar-refractivity contribution in [1.29, 1.82) is 0 Å². The summed E-state index contributed by atoms with van der Waals surface area (Å²) in [5, 5.41) is 1.20. The van der Waals surface area contributed by atoms with Crippen LogP contribution in [0.2, 0.25) is 5.02 Å². The quantitative estimate of drug-likeness (QED) is 0.655. The number of primary amides is 1. The molecule has 0 fully saturated rings. The van der Waals surface area contributed by atoms with E-state index in [0.29, 0.717) is 27.2 Å². The highest BCUT2D eigenvalue weighted by Gasteiger charge is 2.14. The molecule has 1 amide bonds. The Hall–Kier alpha value is -2.59. The second kappa shape index (κ2) is 7.11. The Morgan fingerprint density at radius 1 is 1.30 bits per heavy atom. The van der Waals surface area contributed by atoms with Gasteiger partial charge in [-0.15, -0.1) is 0 Å². The Kier molecular flexibility index (Phi) is 5.19. The SMILES string of the molecule is C/C=C(C)/C=C\C=C\c1c(N)c(C(N)=O)cc2cc(Cl)cnc12. The third kappa shape index (κ3) is 3.79. The van der Waals surface area contributed by atoms with Crippen LogP contribution in [-0.4, -0.2) is 10.9 Å². The standard InChI is InChI=1S/C18H18ClN3O/c1-3-11(2)6-4-5-7-14-16(20)15(18(21)23)9-12-8-13(19)10-22-17(12)14/h3-10H,20H2,1-2H3,(H2,21,23)/b6-4-,7-5+,11-3+. The number of hydrogen-bond acceptors (Lipinski definition) is 3. The minimum absolute atomic E-state index is 0.259. The summed E-state index contributed by atoms with van der Waals surface area (Å²) in [6, 6.07) is 3.34. The van der Waals surface area contributed by atoms with Gasteiger partial charge in [0.05, 0.1) is 21.8 Å². The lowest BCUT2D eigenvalue weighted by atomic mass is 10.0. The van der Waals surface area contributed by atoms with Gasteiger partial charge >= 0.3 is 0 Å². The number of fused-ring (bicyclic) bond motifs is 1. The highest BCUT2D eigenvalue weighted by molar-refractivity contribution is 6.31. The fourth-order valence-electron chi connectivity index (χ4n) is 2.12. The molecular formula is C18H18ClN3O. The first-order valence-electron chi connectivity index (χ1n) is 7.09. The number of hydrogen-bond donors (Lipinski definition) is 2. The van der Waals surface area contributed by atoms with E-state index < -0.39 is 5.91 Å². The minimum atomic E-state index is -0.584. The van der Waals surface area contributed by atoms with Crippen LogP contribution in [0.25, 0.3) is 17.0 Å². The van der Waals surface area contributed by atoms with Crippen molar-refractivity contribution in [3.05, 3.63) is 64.4 Å². The van der Waals surface area contributed by atoms with Gasteiger partial charge in [-0.3, -0.25) is 9.78 Å². The number of allylic oxidation sites excluding steroid dienone is 5. The Morgan fingerprint density at radius 3 is 2.70 bits per heavy atom. The van der Waals surface area contributed by atoms with Gasteiger partial charge in [-0.2, -0.15) is 0 Å². The molecule has 0 spiro atoms. The second-order valence-electron chi connectivity index (χ2n) is 5.09. The zero-order valence-electron chi connectivity index (χ0n) is 13.0. The van der Waals surface area contributed by atoms with Gasteiger partial charge in [0, 0.05) is 17.1 Å². The molecule has 4 nitrogen and oxygen atoms in total. The molecule has 0 unspecified atom stereocenters. The molecule has 2 aromatic rings. The fraction of sp³-hybridized carbons (Fsp3) is 0.111. The van der Waals surface area contributed by atoms with Gasteiger partial charge in [0.25, 0.3) is 5.91 Å². The Bertz CT molecular complexity index is 851. The van der Waals surface area contributed by atoms with E-state index in [4.69, 9.17) is 23.1 Å². The molecule has 4 N–H and O–H groups in total. The number of halogens is 1. The smallest absolute Gasteiger partial charge is 0.250 e. The van der Waals surface area contributed by atoms with Crippen LogP contribution in [0.15, 0.2) is 48.2 Å². The molecule has 0 saturated carbocycles. The first-order valence-corrected chi connectivity index (χ1v) is 7.47. The first-order chi connectivity index (χ1) is 10.9. The number of amides is 1. The summed E-state index contributed by atoms with van der Waals surface area (Å²) in [5.41, 5.74) is 14.5. The van der Waals surface area contributed by atoms with E-state index in [-0.39, 0.29) is 5.56 Å². The molecule has 2 rings (SSSR count). The minimum Gasteiger partial charge on any atom is -0.398 e. The highest BCUT2D eigenvalue weighted by Crippen LogP contribution is 2.29. The molecule has 0 aliphatic rings. The number of carbonyl (C=O) groups is 1. The molecule has 0 saturated heterocycles. The summed E-state index contributed by atoms with van der Waals surface area (Å²) in [6.07, 6.45) is 11.1. The van der Waals surface area contributed by atoms with Crippen LogP contribution in [0.4, 0.5) is 5.69 Å². The number of pyridine rings is 1. The molecule has 1 aromatic carbocycles. The van der Waals surface area contributed by atoms with Gasteiger partial charge in [0.1, 0.15) is 0 Å². The first kappa shape index (κ1) is 16.8. The van der Waals surface area contributed by atoms with Crippen LogP contribution in [0.3, 0.4) is 0 Å². The molecule has 1 aromatic heterocycles. The maximum Gasteiger partial charge on any atom is 0.250 e. The molecule has 118 valence electrons. The Balaban J connectivity index is 2.60. The van der Waals surface area contributed by atoms with Crippen LogP contribution in [0.5, 0.6) is 0 Å². The van der Waals surface area contributed by atoms with Crippen LogP contribution in [-0.2, 0) is 0 Å². The summed E-state index contributed by atoms with van der Waals surface area (Å²) < 4.78 is 0. The van der Waals surface area contributed by atoms with Crippen molar-refractivity contribution >= 4 is 40.2 Å². The number of nitrogens with two attached hydrogens (primary N) is 2. The normalized spacial score (nSPS) is 12.6. The summed E-state index contributed by atoms with van der Waals surface area (Å²) in [7, 11) is 0. The predicted octanol–water partition coefficient (Wildman–Crippen LogP) is 4.10. The molecule has 5 heteroatoms. The van der Waals surface area contributed by atoms with Crippen LogP contribution >= 0.6 is 11.6 Å². The fourth-order valence-corrected chi connectivity index (χ4v) is 2.29. The number of anilines is 1. The number of benzene rings is 1. The molecule has 0 aliphatic carbocycles. The lowest BCUT2D eigenvalue weighted by Gasteiger charge is -2.10. The molecule has 0 aliphatic heterocycles. The molecule has 0 atom stereocenters. The molecular weight excluding hydrogens is 310 g/mol. The predicted molar refractivity (Wildman–Crippen MR) is 97.3 cm³/mol. The van der Waals surface area contributed by atoms with E-state index in [2.05, 4.69) is 4.98 Å². The van der Waals surface area contributed by atoms with E-state index in [0.717, 1.165) is 5.57 Å². The van der Waals surface area contributed by atoms with Crippen LogP contribution in [0.1, 0.15) is 29.8 Å². The van der Waals surface area contributed by atoms with Crippen molar-refractivity contribution < 1.29 is 4.79 Å². The molecule has 0 bridgehead atoms. The monoisotopic (exact) mass is 327 g/mol. The van der Waals surface area contributed by atoms with Gasteiger partial charge in [-0.05, 0) is 26.0 Å². The molecule has 0 radical (unpaired) electrons. The maximum absolute atomic E-state index is 11.6. The number of rotatable bonds is 4. The summed E-state index contributed by atoms with van der Waals surface area (Å²) in [5.74, 6) is -0.584. The van der Waals surface area contributed by atoms with Crippen LogP contribution in [0, 0.1) is 0 Å². The summed E-state index contributed by atoms with van der Waals surface area (Å²) >= 11 is 5.97. The average Bonchev–Trinajstić information content (AvgIpc) is 2.52. The third-order valence-corrected chi connectivity index (χ3v) is 3.68. The van der Waals surface area contributed by atoms with Crippen molar-refractivity contribution in [3.63, 3.8) is 0 Å². The zero-order chi connectivity index (χ0) is 17.0. The van der Waals surface area contributed by atoms with Crippen molar-refractivity contribution in [2.45, 2.75) is 13.8 Å². The van der Waals surface area contributed by atoms with Gasteiger partial charge in [-0.1, -0.05) is 47.6 Å². The Labute approximate surface area is 140 Å². The number of carbonyl (C=O) groups excluding carboxylic acids is 1. The Morgan fingerprint density at radius 2 is 2.04 bits per heavy atom. The van der Waals surface area contributed by atoms with Gasteiger partial charge in [0.2, 0.25) is 0 Å². The maximum atomic E-state index is 11.6. The van der Waals surface area contributed by atoms with E-state index >= 15 is 0 Å². The van der Waals surface area contributed by atoms with Crippen molar-refractivity contribution in [2.24, 2.45) is 5.73 Å². The molecule has 1 heterocycles. The topological polar surface area (TPSA) is 82.0 Å². The number of nitrogens with zero attached hydrogens (tertiary/aromatic N) is 1. The van der Waals surface area contributed by atoms with Crippen molar-refractivity contribution in [3.8, 4) is 0 Å². The lowest BCUT2D eigenvalue weighted by Crippen LogP contribution is -2.14. The van der Waals surface area contributed by atoms with Crippen molar-refractivity contribution in [1.82, 2.24) is 4.98 Å². The highest BCUT2D eigenvalue weighted by atomic mass is 35.5. The van der Waals surface area contributed by atoms with Gasteiger partial charge in [0.15, 0.2) is 0 Å². The van der Waals surface area contributed by atoms with E-state index in [1.165, 1.54) is 0 Å². The van der Waals surface area contributed by atoms with E-state index in [1.54, 1.807) is 18.3 Å². The van der Waals surface area contributed by atoms with E-state index in [1.807, 2.05) is 44.2 Å². The second-order valence-corrected chi connectivity index (χ2v) is 5.53. The molecule has 23 heavy (non-hydrogen) atoms. The number of aromatic nitrogens is 1. The van der Waals surface area contributed by atoms with Gasteiger partial charge in [-0.25, -0.2) is 0 Å². The number of nitrogen functional groups attached to an aromatic ring is 1. The van der Waals surface area contributed by atoms with Crippen LogP contribution < -0.4 is 11.5 Å². The van der Waals surface area contributed by atoms with Gasteiger partial charge < -0.3 is 11.5 Å². The summed E-state index contributed by atoms with van der Waals surface area (Å²) in [6.45, 7) is 3.98. The van der Waals surface area contributed by atoms with E-state index in [9.17, 15) is 4.79 Å². The summed E-state index contributed by atoms with van der Waals surface area (Å²) in [4.78, 5) is 15.9. The third-order valence-electron chi connectivity index (χ3n) is 3.47. The lowest BCUT2D eigenvalue weighted by molar-refractivity contribution is 0.100. The zero-order valence-corrected chi connectivity index (χ0v) is 13.8.